The summed E-state index contributed by atoms with van der Waals surface area (Å²) in [5, 5.41) is 14.1. The maximum atomic E-state index is 12.1. The Morgan fingerprint density at radius 3 is 2.71 bits per heavy atom. The molecule has 1 amide bonds. The number of benzene rings is 1. The van der Waals surface area contributed by atoms with Crippen LogP contribution in [0.3, 0.4) is 0 Å². The molecule has 0 bridgehead atoms. The highest BCUT2D eigenvalue weighted by Gasteiger charge is 2.18. The molecule has 21 heavy (non-hydrogen) atoms. The average Bonchev–Trinajstić information content (AvgIpc) is 2.91. The van der Waals surface area contributed by atoms with Crippen LogP contribution in [0.1, 0.15) is 38.8 Å². The molecule has 1 heterocycles. The number of amides is 1. The number of carbonyl (C=O) groups is 2. The van der Waals surface area contributed by atoms with Crippen LogP contribution in [-0.4, -0.2) is 22.0 Å². The summed E-state index contributed by atoms with van der Waals surface area (Å²) in [7, 11) is 0. The standard InChI is InChI=1S/C13H10Cl2N2O3S/c1-6(12-17-10(5-21-12)13(19)20)16-11(18)8-4-7(14)2-3-9(8)15/h2-6H,1H3,(H,16,18)(H,19,20). The van der Waals surface area contributed by atoms with Crippen molar-refractivity contribution in [2.45, 2.75) is 13.0 Å². The van der Waals surface area contributed by atoms with Crippen molar-refractivity contribution in [2.24, 2.45) is 0 Å². The zero-order valence-electron chi connectivity index (χ0n) is 10.8. The molecule has 0 aliphatic carbocycles. The van der Waals surface area contributed by atoms with Crippen LogP contribution in [-0.2, 0) is 0 Å². The van der Waals surface area contributed by atoms with E-state index in [4.69, 9.17) is 28.3 Å². The molecule has 8 heteroatoms. The molecule has 1 aromatic carbocycles. The maximum Gasteiger partial charge on any atom is 0.355 e. The van der Waals surface area contributed by atoms with Crippen LogP contribution < -0.4 is 5.32 Å². The molecule has 2 rings (SSSR count). The minimum Gasteiger partial charge on any atom is -0.476 e. The Morgan fingerprint density at radius 1 is 1.38 bits per heavy atom. The second-order valence-electron chi connectivity index (χ2n) is 4.20. The van der Waals surface area contributed by atoms with E-state index in [1.807, 2.05) is 0 Å². The van der Waals surface area contributed by atoms with Gasteiger partial charge in [0.25, 0.3) is 5.91 Å². The highest BCUT2D eigenvalue weighted by molar-refractivity contribution is 7.09. The third-order valence-corrected chi connectivity index (χ3v) is 4.22. The van der Waals surface area contributed by atoms with E-state index >= 15 is 0 Å². The minimum absolute atomic E-state index is 0.0445. The van der Waals surface area contributed by atoms with Crippen molar-refractivity contribution in [1.82, 2.24) is 10.3 Å². The fourth-order valence-corrected chi connectivity index (χ4v) is 2.77. The number of thiazole rings is 1. The summed E-state index contributed by atoms with van der Waals surface area (Å²) in [5.41, 5.74) is 0.211. The number of halogens is 2. The van der Waals surface area contributed by atoms with E-state index in [0.29, 0.717) is 10.0 Å². The van der Waals surface area contributed by atoms with Gasteiger partial charge in [0, 0.05) is 10.4 Å². The molecule has 0 aliphatic rings. The van der Waals surface area contributed by atoms with Gasteiger partial charge in [0.2, 0.25) is 0 Å². The van der Waals surface area contributed by atoms with Gasteiger partial charge in [-0.15, -0.1) is 11.3 Å². The Morgan fingerprint density at radius 2 is 2.10 bits per heavy atom. The Bertz CT molecular complexity index is 702. The van der Waals surface area contributed by atoms with Gasteiger partial charge >= 0.3 is 5.97 Å². The normalized spacial score (nSPS) is 12.0. The van der Waals surface area contributed by atoms with Crippen LogP contribution in [0.4, 0.5) is 0 Å². The van der Waals surface area contributed by atoms with Gasteiger partial charge in [-0.2, -0.15) is 0 Å². The molecule has 2 N–H and O–H groups in total. The number of aromatic carboxylic acids is 1. The predicted molar refractivity (Wildman–Crippen MR) is 81.4 cm³/mol. The quantitative estimate of drug-likeness (QED) is 0.887. The molecule has 0 fully saturated rings. The molecule has 5 nitrogen and oxygen atoms in total. The highest BCUT2D eigenvalue weighted by atomic mass is 35.5. The summed E-state index contributed by atoms with van der Waals surface area (Å²) in [5.74, 6) is -1.50. The summed E-state index contributed by atoms with van der Waals surface area (Å²) < 4.78 is 0. The number of carboxylic acids is 1. The van der Waals surface area contributed by atoms with Crippen LogP contribution in [0.5, 0.6) is 0 Å². The van der Waals surface area contributed by atoms with Gasteiger partial charge in [0.1, 0.15) is 5.01 Å². The van der Waals surface area contributed by atoms with Crippen molar-refractivity contribution in [2.75, 3.05) is 0 Å². The summed E-state index contributed by atoms with van der Waals surface area (Å²) in [6, 6.07) is 4.15. The van der Waals surface area contributed by atoms with Crippen molar-refractivity contribution in [3.05, 3.63) is 49.9 Å². The van der Waals surface area contributed by atoms with Gasteiger partial charge in [-0.25, -0.2) is 9.78 Å². The van der Waals surface area contributed by atoms with E-state index in [1.165, 1.54) is 17.5 Å². The van der Waals surface area contributed by atoms with E-state index in [9.17, 15) is 9.59 Å². The Labute approximate surface area is 134 Å². The maximum absolute atomic E-state index is 12.1. The van der Waals surface area contributed by atoms with E-state index in [-0.39, 0.29) is 16.3 Å². The zero-order valence-corrected chi connectivity index (χ0v) is 13.1. The lowest BCUT2D eigenvalue weighted by atomic mass is 10.2. The summed E-state index contributed by atoms with van der Waals surface area (Å²) in [4.78, 5) is 26.9. The van der Waals surface area contributed by atoms with Crippen LogP contribution in [0.15, 0.2) is 23.6 Å². The number of nitrogens with zero attached hydrogens (tertiary/aromatic N) is 1. The zero-order chi connectivity index (χ0) is 15.6. The number of aromatic nitrogens is 1. The molecule has 1 atom stereocenters. The fraction of sp³-hybridized carbons (Fsp3) is 0.154. The lowest BCUT2D eigenvalue weighted by Crippen LogP contribution is -2.27. The SMILES string of the molecule is CC(NC(=O)c1cc(Cl)ccc1Cl)c1nc(C(=O)O)cs1. The topological polar surface area (TPSA) is 79.3 Å². The molecular weight excluding hydrogens is 335 g/mol. The van der Waals surface area contributed by atoms with E-state index < -0.39 is 17.9 Å². The van der Waals surface area contributed by atoms with Gasteiger partial charge in [0.15, 0.2) is 5.69 Å². The van der Waals surface area contributed by atoms with Crippen molar-refractivity contribution in [1.29, 1.82) is 0 Å². The largest absolute Gasteiger partial charge is 0.476 e. The minimum atomic E-state index is -1.10. The van der Waals surface area contributed by atoms with Crippen molar-refractivity contribution >= 4 is 46.4 Å². The molecule has 0 saturated heterocycles. The van der Waals surface area contributed by atoms with Gasteiger partial charge in [-0.05, 0) is 25.1 Å². The second kappa shape index (κ2) is 6.43. The van der Waals surface area contributed by atoms with Crippen LogP contribution in [0.2, 0.25) is 10.0 Å². The third-order valence-electron chi connectivity index (χ3n) is 2.63. The molecule has 2 aromatic rings. The first-order valence-corrected chi connectivity index (χ1v) is 7.46. The molecule has 0 spiro atoms. The van der Waals surface area contributed by atoms with Gasteiger partial charge < -0.3 is 10.4 Å². The number of carboxylic acid groups (broad SMARTS) is 1. The number of carbonyl (C=O) groups excluding carboxylic acids is 1. The van der Waals surface area contributed by atoms with Crippen molar-refractivity contribution < 1.29 is 14.7 Å². The van der Waals surface area contributed by atoms with E-state index in [0.717, 1.165) is 11.3 Å². The summed E-state index contributed by atoms with van der Waals surface area (Å²) in [6.45, 7) is 1.71. The Hall–Kier alpha value is -1.63. The number of hydrogen-bond donors (Lipinski definition) is 2. The monoisotopic (exact) mass is 344 g/mol. The van der Waals surface area contributed by atoms with Crippen molar-refractivity contribution in [3.8, 4) is 0 Å². The predicted octanol–water partition coefficient (Wildman–Crippen LogP) is 3.64. The number of nitrogens with one attached hydrogen (secondary N) is 1. The van der Waals surface area contributed by atoms with Crippen LogP contribution in [0.25, 0.3) is 0 Å². The molecule has 0 radical (unpaired) electrons. The van der Waals surface area contributed by atoms with Crippen LogP contribution >= 0.6 is 34.5 Å². The summed E-state index contributed by atoms with van der Waals surface area (Å²) >= 11 is 13.0. The molecule has 110 valence electrons. The highest BCUT2D eigenvalue weighted by Crippen LogP contribution is 2.23. The van der Waals surface area contributed by atoms with E-state index in [1.54, 1.807) is 13.0 Å². The fourth-order valence-electron chi connectivity index (χ4n) is 1.59. The molecular formula is C13H10Cl2N2O3S. The Kier molecular flexibility index (Phi) is 4.82. The first-order valence-electron chi connectivity index (χ1n) is 5.83. The van der Waals surface area contributed by atoms with Gasteiger partial charge in [0.05, 0.1) is 16.6 Å². The van der Waals surface area contributed by atoms with E-state index in [2.05, 4.69) is 10.3 Å². The number of rotatable bonds is 4. The van der Waals surface area contributed by atoms with Gasteiger partial charge in [-0.3, -0.25) is 4.79 Å². The molecule has 1 aromatic heterocycles. The van der Waals surface area contributed by atoms with Crippen LogP contribution in [0, 0.1) is 0 Å². The first-order chi connectivity index (χ1) is 9.88. The van der Waals surface area contributed by atoms with Gasteiger partial charge in [-0.1, -0.05) is 23.2 Å². The molecule has 0 saturated carbocycles. The number of hydrogen-bond acceptors (Lipinski definition) is 4. The average molecular weight is 345 g/mol. The third kappa shape index (κ3) is 3.72. The molecule has 0 aliphatic heterocycles. The molecule has 1 unspecified atom stereocenters. The second-order valence-corrected chi connectivity index (χ2v) is 5.93. The van der Waals surface area contributed by atoms with Crippen molar-refractivity contribution in [3.63, 3.8) is 0 Å². The Balaban J connectivity index is 2.14. The lowest BCUT2D eigenvalue weighted by molar-refractivity contribution is 0.0691. The summed E-state index contributed by atoms with van der Waals surface area (Å²) in [6.07, 6.45) is 0. The smallest absolute Gasteiger partial charge is 0.355 e. The lowest BCUT2D eigenvalue weighted by Gasteiger charge is -2.12. The first kappa shape index (κ1) is 15.8.